The normalized spacial score (nSPS) is 20.0. The molecule has 22 nitrogen and oxygen atoms in total. The number of aromatic amines is 1. The number of rotatable bonds is 20. The number of hydrogen-bond acceptors (Lipinski definition) is 16. The van der Waals surface area contributed by atoms with Gasteiger partial charge in [-0.1, -0.05) is 0 Å². The molecule has 2 fully saturated rings. The van der Waals surface area contributed by atoms with Crippen molar-refractivity contribution >= 4 is 76.0 Å². The van der Waals surface area contributed by atoms with Crippen LogP contribution in [0.15, 0.2) is 35.3 Å². The molecule has 1 aliphatic carbocycles. The molecule has 5 rings (SSSR count). The highest BCUT2D eigenvalue weighted by molar-refractivity contribution is 8.00. The molecule has 23 heteroatoms. The van der Waals surface area contributed by atoms with Crippen molar-refractivity contribution in [2.45, 2.75) is 74.6 Å². The third kappa shape index (κ3) is 11.5. The van der Waals surface area contributed by atoms with E-state index < -0.39 is 70.7 Å². The fourth-order valence-corrected chi connectivity index (χ4v) is 7.87. The van der Waals surface area contributed by atoms with E-state index in [1.165, 1.54) is 25.4 Å². The van der Waals surface area contributed by atoms with Gasteiger partial charge in [0.15, 0.2) is 17.0 Å². The van der Waals surface area contributed by atoms with Crippen molar-refractivity contribution in [3.63, 3.8) is 0 Å². The van der Waals surface area contributed by atoms with E-state index in [9.17, 15) is 48.6 Å². The van der Waals surface area contributed by atoms with Crippen LogP contribution in [0.5, 0.6) is 0 Å². The highest BCUT2D eigenvalue weighted by atomic mass is 32.2. The van der Waals surface area contributed by atoms with E-state index in [0.29, 0.717) is 37.1 Å². The van der Waals surface area contributed by atoms with Gasteiger partial charge in [0.1, 0.15) is 12.1 Å². The zero-order valence-electron chi connectivity index (χ0n) is 32.7. The van der Waals surface area contributed by atoms with Gasteiger partial charge in [-0.05, 0) is 43.5 Å². The number of likely N-dealkylation sites (tertiary alicyclic amines) is 1. The van der Waals surface area contributed by atoms with Gasteiger partial charge in [0.05, 0.1) is 36.8 Å². The summed E-state index contributed by atoms with van der Waals surface area (Å²) in [7, 11) is 3.07. The van der Waals surface area contributed by atoms with E-state index in [4.69, 9.17) is 15.2 Å². The SMILES string of the molecule is CNC(=O)C1CCC(OC)(OCCN2C(=O)CC(SC[C@H](NC(=O)CC[C@H](NC(=O)c3ccc(NCc4cnc5nc(N)[nH]c(=O)c5n4)cc3)C(=O)O)C(=O)O)C2=O)CC1. The average molecular weight is 855 g/mol. The number of ether oxygens (including phenoxy) is 2. The Kier molecular flexibility index (Phi) is 15.1. The lowest BCUT2D eigenvalue weighted by atomic mass is 9.84. The first-order valence-corrected chi connectivity index (χ1v) is 19.9. The number of carbonyl (C=O) groups excluding carboxylic acids is 5. The number of thioether (sulfide) groups is 1. The molecule has 1 saturated heterocycles. The molecular formula is C37H46N10O12S. The topological polar surface area (TPSA) is 327 Å². The molecule has 322 valence electrons. The van der Waals surface area contributed by atoms with Crippen LogP contribution in [0, 0.1) is 5.92 Å². The van der Waals surface area contributed by atoms with E-state index in [2.05, 4.69) is 41.2 Å². The molecule has 3 heterocycles. The molecule has 1 saturated carbocycles. The minimum absolute atomic E-state index is 0.00623. The summed E-state index contributed by atoms with van der Waals surface area (Å²) in [6, 6.07) is 3.05. The van der Waals surface area contributed by atoms with Gasteiger partial charge in [0.2, 0.25) is 29.6 Å². The second kappa shape index (κ2) is 20.2. The number of hydrogen-bond donors (Lipinski definition) is 8. The summed E-state index contributed by atoms with van der Waals surface area (Å²) in [4.78, 5) is 115. The van der Waals surface area contributed by atoms with E-state index in [-0.39, 0.29) is 72.8 Å². The van der Waals surface area contributed by atoms with Gasteiger partial charge in [-0.25, -0.2) is 19.6 Å². The number of anilines is 2. The third-order valence-electron chi connectivity index (χ3n) is 10.1. The highest BCUT2D eigenvalue weighted by Crippen LogP contribution is 2.36. The Labute approximate surface area is 346 Å². The van der Waals surface area contributed by atoms with Crippen LogP contribution in [-0.4, -0.2) is 133 Å². The molecule has 2 aliphatic rings. The molecule has 1 unspecified atom stereocenters. The molecule has 60 heavy (non-hydrogen) atoms. The Hall–Kier alpha value is -6.20. The predicted molar refractivity (Wildman–Crippen MR) is 213 cm³/mol. The van der Waals surface area contributed by atoms with Crippen molar-refractivity contribution in [3.05, 3.63) is 52.1 Å². The molecule has 0 bridgehead atoms. The van der Waals surface area contributed by atoms with E-state index >= 15 is 0 Å². The lowest BCUT2D eigenvalue weighted by molar-refractivity contribution is -0.242. The molecular weight excluding hydrogens is 809 g/mol. The summed E-state index contributed by atoms with van der Waals surface area (Å²) in [5, 5.41) is 29.0. The first-order valence-electron chi connectivity index (χ1n) is 18.9. The van der Waals surface area contributed by atoms with Crippen molar-refractivity contribution < 1.29 is 53.2 Å². The zero-order chi connectivity index (χ0) is 43.6. The number of nitrogen functional groups attached to an aromatic ring is 1. The van der Waals surface area contributed by atoms with E-state index in [1.54, 1.807) is 19.2 Å². The summed E-state index contributed by atoms with van der Waals surface area (Å²) in [5.41, 5.74) is 6.20. The maximum atomic E-state index is 13.1. The Morgan fingerprint density at radius 1 is 1.03 bits per heavy atom. The number of fused-ring (bicyclic) bond motifs is 1. The fraction of sp³-hybridized carbons (Fsp3) is 0.486. The molecule has 0 radical (unpaired) electrons. The third-order valence-corrected chi connectivity index (χ3v) is 11.4. The first-order chi connectivity index (χ1) is 28.6. The summed E-state index contributed by atoms with van der Waals surface area (Å²) in [5.74, 6) is -6.85. The number of carboxylic acids is 2. The number of aromatic nitrogens is 4. The molecule has 5 amide bonds. The van der Waals surface area contributed by atoms with E-state index in [1.807, 2.05) is 0 Å². The van der Waals surface area contributed by atoms with Crippen LogP contribution in [0.2, 0.25) is 0 Å². The summed E-state index contributed by atoms with van der Waals surface area (Å²) in [6.07, 6.45) is 2.44. The van der Waals surface area contributed by atoms with Crippen LogP contribution >= 0.6 is 11.8 Å². The van der Waals surface area contributed by atoms with Gasteiger partial charge < -0.3 is 46.7 Å². The monoisotopic (exact) mass is 854 g/mol. The standard InChI is InChI=1S/C37H46N10O12S/c1-39-30(50)20-9-11-37(58-2,12-10-20)59-14-13-47-27(49)15-25(33(47)53)60-18-24(35(56)57)43-26(48)8-7-23(34(54)55)44-31(51)19-3-5-21(6-4-19)40-16-22-17-41-29-28(42-22)32(52)46-36(38)45-29/h3-6,17,20,23-25,40H,7-16,18H2,1-2H3,(H,39,50)(H,43,48)(H,44,51)(H,54,55)(H,56,57)(H3,38,41,45,46,52)/t20?,23-,24-,25?,37?/m0/s1. The molecule has 0 spiro atoms. The number of nitrogens with one attached hydrogen (secondary N) is 5. The van der Waals surface area contributed by atoms with Crippen LogP contribution in [0.4, 0.5) is 11.6 Å². The minimum atomic E-state index is -1.49. The van der Waals surface area contributed by atoms with Crippen LogP contribution < -0.4 is 32.6 Å². The molecule has 3 atom stereocenters. The quantitative estimate of drug-likeness (QED) is 0.0529. The summed E-state index contributed by atoms with van der Waals surface area (Å²) in [6.45, 7) is 0.106. The lowest BCUT2D eigenvalue weighted by Gasteiger charge is -2.38. The number of aliphatic carboxylic acids is 2. The Bertz CT molecular complexity index is 2160. The van der Waals surface area contributed by atoms with Gasteiger partial charge in [-0.3, -0.25) is 38.7 Å². The van der Waals surface area contributed by atoms with Crippen molar-refractivity contribution in [2.24, 2.45) is 5.92 Å². The van der Waals surface area contributed by atoms with Crippen LogP contribution in [0.25, 0.3) is 11.2 Å². The van der Waals surface area contributed by atoms with Crippen LogP contribution in [0.1, 0.15) is 61.0 Å². The number of nitrogens with two attached hydrogens (primary N) is 1. The summed E-state index contributed by atoms with van der Waals surface area (Å²) >= 11 is 0.897. The largest absolute Gasteiger partial charge is 0.480 e. The second-order valence-electron chi connectivity index (χ2n) is 14.0. The number of carbonyl (C=O) groups is 7. The van der Waals surface area contributed by atoms with Gasteiger partial charge in [0, 0.05) is 62.8 Å². The van der Waals surface area contributed by atoms with Gasteiger partial charge in [0.25, 0.3) is 11.5 Å². The molecule has 2 aromatic heterocycles. The number of benzene rings is 1. The number of carboxylic acid groups (broad SMARTS) is 2. The second-order valence-corrected chi connectivity index (χ2v) is 15.3. The molecule has 1 aromatic carbocycles. The van der Waals surface area contributed by atoms with Gasteiger partial charge in [-0.15, -0.1) is 11.8 Å². The molecule has 3 aromatic rings. The number of amides is 5. The fourth-order valence-electron chi connectivity index (χ4n) is 6.69. The number of imide groups is 1. The zero-order valence-corrected chi connectivity index (χ0v) is 33.5. The van der Waals surface area contributed by atoms with E-state index in [0.717, 1.165) is 16.7 Å². The smallest absolute Gasteiger partial charge is 0.327 e. The van der Waals surface area contributed by atoms with Gasteiger partial charge in [-0.2, -0.15) is 4.98 Å². The summed E-state index contributed by atoms with van der Waals surface area (Å²) < 4.78 is 11.6. The molecule has 9 N–H and O–H groups in total. The Balaban J connectivity index is 1.04. The Morgan fingerprint density at radius 2 is 1.73 bits per heavy atom. The predicted octanol–water partition coefficient (Wildman–Crippen LogP) is -0.404. The molecule has 1 aliphatic heterocycles. The van der Waals surface area contributed by atoms with Crippen LogP contribution in [0.3, 0.4) is 0 Å². The number of nitrogens with zero attached hydrogens (tertiary/aromatic N) is 4. The number of methoxy groups -OCH3 is 1. The first kappa shape index (κ1) is 44.9. The van der Waals surface area contributed by atoms with Crippen LogP contribution in [-0.2, 0) is 44.8 Å². The number of H-pyrrole nitrogens is 1. The lowest BCUT2D eigenvalue weighted by Crippen LogP contribution is -2.45. The van der Waals surface area contributed by atoms with Crippen molar-refractivity contribution in [1.29, 1.82) is 0 Å². The van der Waals surface area contributed by atoms with Crippen molar-refractivity contribution in [2.75, 3.05) is 44.1 Å². The highest BCUT2D eigenvalue weighted by Gasteiger charge is 2.42. The van der Waals surface area contributed by atoms with Gasteiger partial charge >= 0.3 is 11.9 Å². The maximum Gasteiger partial charge on any atom is 0.327 e. The van der Waals surface area contributed by atoms with Crippen molar-refractivity contribution in [3.8, 4) is 0 Å². The van der Waals surface area contributed by atoms with Crippen molar-refractivity contribution in [1.82, 2.24) is 40.8 Å². The average Bonchev–Trinajstić information content (AvgIpc) is 3.50. The maximum absolute atomic E-state index is 13.1. The Morgan fingerprint density at radius 3 is 2.38 bits per heavy atom. The minimum Gasteiger partial charge on any atom is -0.480 e.